The minimum absolute atomic E-state index is 0.0480. The van der Waals surface area contributed by atoms with Gasteiger partial charge < -0.3 is 23.4 Å². The minimum atomic E-state index is -2.08. The standard InChI is InChI=1S/C23H31NO6Si/c1-23(2,3)31(5,6)30-18-9-7-8-17(20(18)22-27-12-13-28-22)15-29-19-14-16(10-11-24-19)21(25)26-4/h7-11,14,22H,12-13,15H2,1-6H3. The predicted molar refractivity (Wildman–Crippen MR) is 119 cm³/mol. The summed E-state index contributed by atoms with van der Waals surface area (Å²) in [4.78, 5) is 16.0. The fourth-order valence-corrected chi connectivity index (χ4v) is 3.94. The molecular weight excluding hydrogens is 414 g/mol. The van der Waals surface area contributed by atoms with Crippen LogP contribution in [0.15, 0.2) is 36.5 Å². The average molecular weight is 446 g/mol. The van der Waals surface area contributed by atoms with E-state index in [1.165, 1.54) is 13.3 Å². The fraction of sp³-hybridized carbons (Fsp3) is 0.478. The van der Waals surface area contributed by atoms with Crippen LogP contribution in [0.4, 0.5) is 0 Å². The normalized spacial score (nSPS) is 15.0. The maximum atomic E-state index is 11.8. The molecule has 1 aromatic carbocycles. The van der Waals surface area contributed by atoms with E-state index in [9.17, 15) is 4.79 Å². The van der Waals surface area contributed by atoms with E-state index in [1.54, 1.807) is 12.1 Å². The minimum Gasteiger partial charge on any atom is -0.543 e. The van der Waals surface area contributed by atoms with E-state index in [0.29, 0.717) is 24.7 Å². The molecule has 0 aliphatic carbocycles. The van der Waals surface area contributed by atoms with Crippen molar-refractivity contribution in [2.45, 2.75) is 51.8 Å². The highest BCUT2D eigenvalue weighted by molar-refractivity contribution is 6.74. The third-order valence-electron chi connectivity index (χ3n) is 5.72. The zero-order valence-corrected chi connectivity index (χ0v) is 20.1. The third-order valence-corrected chi connectivity index (χ3v) is 10.1. The molecule has 0 bridgehead atoms. The van der Waals surface area contributed by atoms with Crippen molar-refractivity contribution in [1.29, 1.82) is 0 Å². The van der Waals surface area contributed by atoms with Gasteiger partial charge in [-0.15, -0.1) is 0 Å². The van der Waals surface area contributed by atoms with E-state index in [2.05, 4.69) is 38.8 Å². The summed E-state index contributed by atoms with van der Waals surface area (Å²) in [5.74, 6) is 0.652. The second-order valence-electron chi connectivity index (χ2n) is 8.93. The summed E-state index contributed by atoms with van der Waals surface area (Å²) in [7, 11) is -0.740. The molecule has 1 fully saturated rings. The fourth-order valence-electron chi connectivity index (χ4n) is 2.91. The van der Waals surface area contributed by atoms with E-state index < -0.39 is 20.6 Å². The van der Waals surface area contributed by atoms with Crippen LogP contribution in [0.3, 0.4) is 0 Å². The van der Waals surface area contributed by atoms with E-state index in [-0.39, 0.29) is 11.6 Å². The number of benzene rings is 1. The number of carbonyl (C=O) groups excluding carboxylic acids is 1. The molecule has 0 spiro atoms. The molecule has 8 heteroatoms. The number of hydrogen-bond donors (Lipinski definition) is 0. The Morgan fingerprint density at radius 1 is 1.19 bits per heavy atom. The Bertz CT molecular complexity index is 919. The van der Waals surface area contributed by atoms with Crippen LogP contribution in [0.25, 0.3) is 0 Å². The molecule has 0 unspecified atom stereocenters. The number of carbonyl (C=O) groups is 1. The van der Waals surface area contributed by atoms with Crippen molar-refractivity contribution >= 4 is 14.3 Å². The first-order valence-electron chi connectivity index (χ1n) is 10.3. The molecule has 2 aromatic rings. The SMILES string of the molecule is COC(=O)c1ccnc(OCc2cccc(O[Si](C)(C)C(C)(C)C)c2C2OCCO2)c1. The van der Waals surface area contributed by atoms with Gasteiger partial charge in [0.2, 0.25) is 14.2 Å². The number of methoxy groups -OCH3 is 1. The first kappa shape index (κ1) is 23.2. The molecule has 0 radical (unpaired) electrons. The Kier molecular flexibility index (Phi) is 7.03. The van der Waals surface area contributed by atoms with Gasteiger partial charge in [-0.25, -0.2) is 9.78 Å². The lowest BCUT2D eigenvalue weighted by molar-refractivity contribution is -0.0461. The summed E-state index contributed by atoms with van der Waals surface area (Å²) in [6.45, 7) is 12.3. The van der Waals surface area contributed by atoms with Crippen molar-refractivity contribution in [3.8, 4) is 11.6 Å². The van der Waals surface area contributed by atoms with Crippen LogP contribution in [-0.2, 0) is 20.8 Å². The first-order valence-corrected chi connectivity index (χ1v) is 13.2. The van der Waals surface area contributed by atoms with Gasteiger partial charge in [-0.1, -0.05) is 32.9 Å². The number of rotatable bonds is 7. The average Bonchev–Trinajstić information content (AvgIpc) is 3.25. The molecule has 1 aliphatic heterocycles. The van der Waals surface area contributed by atoms with Crippen molar-refractivity contribution in [2.24, 2.45) is 0 Å². The molecule has 0 atom stereocenters. The molecule has 2 heterocycles. The predicted octanol–water partition coefficient (Wildman–Crippen LogP) is 4.88. The van der Waals surface area contributed by atoms with E-state index in [0.717, 1.165) is 16.9 Å². The lowest BCUT2D eigenvalue weighted by Gasteiger charge is -2.37. The Labute approximate surface area is 184 Å². The molecule has 0 saturated carbocycles. The van der Waals surface area contributed by atoms with Crippen LogP contribution in [0.1, 0.15) is 48.5 Å². The van der Waals surface area contributed by atoms with Gasteiger partial charge in [-0.2, -0.15) is 0 Å². The van der Waals surface area contributed by atoms with E-state index >= 15 is 0 Å². The van der Waals surface area contributed by atoms with Crippen molar-refractivity contribution in [3.05, 3.63) is 53.2 Å². The maximum Gasteiger partial charge on any atom is 0.338 e. The van der Waals surface area contributed by atoms with E-state index in [4.69, 9.17) is 23.4 Å². The van der Waals surface area contributed by atoms with Crippen LogP contribution in [-0.4, -0.2) is 39.6 Å². The summed E-state index contributed by atoms with van der Waals surface area (Å²) in [6.07, 6.45) is 1.01. The highest BCUT2D eigenvalue weighted by Crippen LogP contribution is 2.41. The number of hydrogen-bond acceptors (Lipinski definition) is 7. The van der Waals surface area contributed by atoms with Crippen LogP contribution in [0, 0.1) is 0 Å². The van der Waals surface area contributed by atoms with Crippen molar-refractivity contribution in [1.82, 2.24) is 4.98 Å². The third kappa shape index (κ3) is 5.44. The second kappa shape index (κ2) is 9.38. The summed E-state index contributed by atoms with van der Waals surface area (Å²) in [5, 5.41) is 0.0480. The molecule has 31 heavy (non-hydrogen) atoms. The summed E-state index contributed by atoms with van der Waals surface area (Å²) >= 11 is 0. The molecule has 7 nitrogen and oxygen atoms in total. The van der Waals surface area contributed by atoms with Crippen LogP contribution < -0.4 is 9.16 Å². The van der Waals surface area contributed by atoms with Gasteiger partial charge in [0.05, 0.1) is 31.5 Å². The first-order chi connectivity index (χ1) is 14.6. The second-order valence-corrected chi connectivity index (χ2v) is 13.7. The highest BCUT2D eigenvalue weighted by Gasteiger charge is 2.40. The van der Waals surface area contributed by atoms with Gasteiger partial charge in [0.1, 0.15) is 12.4 Å². The molecule has 1 aromatic heterocycles. The lowest BCUT2D eigenvalue weighted by Crippen LogP contribution is -2.44. The molecule has 0 N–H and O–H groups in total. The zero-order chi connectivity index (χ0) is 22.6. The maximum absolute atomic E-state index is 11.8. The topological polar surface area (TPSA) is 76.1 Å². The van der Waals surface area contributed by atoms with Gasteiger partial charge in [-0.3, -0.25) is 0 Å². The number of ether oxygens (including phenoxy) is 4. The largest absolute Gasteiger partial charge is 0.543 e. The number of nitrogens with zero attached hydrogens (tertiary/aromatic N) is 1. The summed E-state index contributed by atoms with van der Waals surface area (Å²) in [6, 6.07) is 9.00. The monoisotopic (exact) mass is 445 g/mol. The smallest absolute Gasteiger partial charge is 0.338 e. The Balaban J connectivity index is 1.89. The van der Waals surface area contributed by atoms with Gasteiger partial charge in [-0.05, 0) is 30.3 Å². The van der Waals surface area contributed by atoms with Crippen molar-refractivity contribution < 1.29 is 28.2 Å². The van der Waals surface area contributed by atoms with Crippen molar-refractivity contribution in [3.63, 3.8) is 0 Å². The number of esters is 1. The Hall–Kier alpha value is -2.42. The number of aromatic nitrogens is 1. The quantitative estimate of drug-likeness (QED) is 0.444. The molecule has 0 amide bonds. The van der Waals surface area contributed by atoms with Crippen LogP contribution in [0.5, 0.6) is 11.6 Å². The molecule has 168 valence electrons. The Morgan fingerprint density at radius 2 is 1.90 bits per heavy atom. The van der Waals surface area contributed by atoms with Gasteiger partial charge >= 0.3 is 5.97 Å². The lowest BCUT2D eigenvalue weighted by atomic mass is 10.1. The van der Waals surface area contributed by atoms with Crippen LogP contribution >= 0.6 is 0 Å². The van der Waals surface area contributed by atoms with Gasteiger partial charge in [0, 0.05) is 17.8 Å². The highest BCUT2D eigenvalue weighted by atomic mass is 28.4. The molecule has 1 saturated heterocycles. The molecular formula is C23H31NO6Si. The molecule has 3 rings (SSSR count). The summed E-state index contributed by atoms with van der Waals surface area (Å²) in [5.41, 5.74) is 2.10. The zero-order valence-electron chi connectivity index (χ0n) is 19.1. The summed E-state index contributed by atoms with van der Waals surface area (Å²) < 4.78 is 28.9. The van der Waals surface area contributed by atoms with E-state index in [1.807, 2.05) is 18.2 Å². The van der Waals surface area contributed by atoms with Crippen molar-refractivity contribution in [2.75, 3.05) is 20.3 Å². The van der Waals surface area contributed by atoms with Gasteiger partial charge in [0.15, 0.2) is 6.29 Å². The Morgan fingerprint density at radius 3 is 2.55 bits per heavy atom. The number of pyridine rings is 1. The van der Waals surface area contributed by atoms with Gasteiger partial charge in [0.25, 0.3) is 0 Å². The van der Waals surface area contributed by atoms with Crippen LogP contribution in [0.2, 0.25) is 18.1 Å². The molecule has 1 aliphatic rings.